The van der Waals surface area contributed by atoms with Crippen LogP contribution in [-0.4, -0.2) is 221 Å². The van der Waals surface area contributed by atoms with Crippen LogP contribution in [0.15, 0.2) is 0 Å². The summed E-state index contributed by atoms with van der Waals surface area (Å²) < 4.78 is 93.7. The van der Waals surface area contributed by atoms with Crippen LogP contribution < -0.4 is 0 Å². The second-order valence-corrected chi connectivity index (χ2v) is 67.2. The maximum absolute atomic E-state index is 6.63. The Morgan fingerprint density at radius 2 is 0.292 bits per heavy atom. The molecule has 0 saturated heterocycles. The minimum atomic E-state index is -3.55. The van der Waals surface area contributed by atoms with E-state index in [9.17, 15) is 0 Å². The largest absolute Gasteiger partial charge is 0.500 e. The molecule has 1 fully saturated rings. The first-order valence-corrected chi connectivity index (χ1v) is 64.7. The minimum absolute atomic E-state index is 0.0107. The van der Waals surface area contributed by atoms with Crippen LogP contribution in [0.5, 0.6) is 0 Å². The summed E-state index contributed by atoms with van der Waals surface area (Å²) in [6.45, 7) is 39.7. The summed E-state index contributed by atoms with van der Waals surface area (Å²) in [5.74, 6) is 0. The highest BCUT2D eigenvalue weighted by molar-refractivity contribution is 8.12. The van der Waals surface area contributed by atoms with Crippen molar-refractivity contribution >= 4 is 356 Å². The number of hydrogen-bond acceptors (Lipinski definition) is 42. The van der Waals surface area contributed by atoms with Gasteiger partial charge < -0.3 is 79.7 Å². The van der Waals surface area contributed by atoms with E-state index in [1.54, 1.807) is 0 Å². The topological polar surface area (TPSA) is 166 Å². The summed E-state index contributed by atoms with van der Waals surface area (Å²) in [5.41, 5.74) is -7.27. The Morgan fingerprint density at radius 3 is 0.400 bits per heavy atom. The Bertz CT molecular complexity index is 2470. The SMILES string of the molecule is CCO[Si](CCCC(S)(S)C(S)(S)C1(C(S)(S)C(S)(S)CCC[Si](OCC)(OCC)OCC)CCCC(C(S)(S)C(S)(S)CCC[Si](OCC)(OCC)OCC)(C(S)(S)C(S)(S)CCC[Si](OCC)(OCC)OCC)C1(C(S)(S)C(S)(S)CCC[Si](OCC)(OCC)OCC)C(S)(S)C(S)(S)CCC[Si](OCC)(OCC)OCC)(OCC)OCC. The molecule has 0 atom stereocenters. The Morgan fingerprint density at radius 1 is 0.183 bits per heavy atom. The molecule has 720 valence electrons. The van der Waals surface area contributed by atoms with Gasteiger partial charge in [0.15, 0.2) is 0 Å². The molecule has 0 aromatic heterocycles. The van der Waals surface area contributed by atoms with Crippen molar-refractivity contribution in [2.24, 2.45) is 16.2 Å². The molecule has 0 amide bonds. The van der Waals surface area contributed by atoms with Crippen molar-refractivity contribution in [3.63, 3.8) is 0 Å². The molecule has 0 aliphatic heterocycles. The zero-order chi connectivity index (χ0) is 92.8. The summed E-state index contributed by atoms with van der Waals surface area (Å²) >= 11 is 149. The first-order valence-electron chi connectivity index (χ1n) is 42.4. The smallest absolute Gasteiger partial charge is 0.374 e. The van der Waals surface area contributed by atoms with E-state index < -0.39 is 118 Å². The van der Waals surface area contributed by atoms with Gasteiger partial charge in [-0.05, 0) is 215 Å². The molecule has 0 aromatic carbocycles. The van der Waals surface area contributed by atoms with E-state index in [2.05, 4.69) is 0 Å². The zero-order valence-corrected chi connectivity index (χ0v) is 102. The van der Waals surface area contributed by atoms with Gasteiger partial charge in [-0.15, -0.1) is 0 Å². The molecule has 0 N–H and O–H groups in total. The van der Waals surface area contributed by atoms with Crippen LogP contribution in [-0.2, 0) is 79.7 Å². The second-order valence-electron chi connectivity index (χ2n) is 29.4. The fourth-order valence-corrected chi connectivity index (χ4v) is 45.3. The fraction of sp³-hybridized carbons (Fsp3) is 1.00. The lowest BCUT2D eigenvalue weighted by Crippen LogP contribution is -2.91. The molecule has 0 spiro atoms. The minimum Gasteiger partial charge on any atom is -0.374 e. The first-order chi connectivity index (χ1) is 55.5. The van der Waals surface area contributed by atoms with Gasteiger partial charge in [0.1, 0.15) is 0 Å². The standard InChI is InChI=1S/C72H156O18S24Si6/c1-19-73-115(74-20-2,75-21-3)52-38-46-60(91,92)67(103,104)58(68(105,106)61(93,94)47-39-53-116(76-22-4,77-23-5)78-24-6)44-37-45-59(69(107,108)62(95,96)48-40-54-117(79-25-7,80-26-8)81-27-9,70(109,110)63(97,98)49-41-55-118(82-28-10,83-29-11)84-30-12)66(58,71(111,112)64(99,100)50-42-56-119(85-31-13,86-32-14)87-33-15)72(113,114)65(101,102)51-43-57-120(88-34-16,89-35-17)90-36-18/h91-114H,19-57H2,1-18H3. The molecule has 48 heteroatoms. The highest BCUT2D eigenvalue weighted by Crippen LogP contribution is 2.93. The van der Waals surface area contributed by atoms with Gasteiger partial charge in [-0.25, -0.2) is 0 Å². The Labute approximate surface area is 866 Å². The number of hydrogen-bond donors (Lipinski definition) is 24. The maximum atomic E-state index is 6.63. The molecular weight excluding hydrogens is 2090 g/mol. The van der Waals surface area contributed by atoms with Gasteiger partial charge in [0.25, 0.3) is 0 Å². The van der Waals surface area contributed by atoms with Crippen LogP contribution in [0, 0.1) is 16.2 Å². The van der Waals surface area contributed by atoms with Gasteiger partial charge in [-0.1, -0.05) is 6.42 Å². The van der Waals surface area contributed by atoms with E-state index in [0.29, 0.717) is 79.3 Å². The molecule has 1 rings (SSSR count). The van der Waals surface area contributed by atoms with Crippen molar-refractivity contribution in [2.45, 2.75) is 306 Å². The highest BCUT2D eigenvalue weighted by atomic mass is 32.2. The molecule has 0 bridgehead atoms. The Kier molecular flexibility index (Phi) is 59.3. The van der Waals surface area contributed by atoms with Gasteiger partial charge in [0.2, 0.25) is 0 Å². The van der Waals surface area contributed by atoms with E-state index in [1.807, 2.05) is 125 Å². The van der Waals surface area contributed by atoms with Crippen LogP contribution in [0.4, 0.5) is 0 Å². The third-order valence-corrected chi connectivity index (χ3v) is 60.6. The zero-order valence-electron chi connectivity index (χ0n) is 74.2. The molecule has 1 saturated carbocycles. The monoisotopic (exact) mass is 2240 g/mol. The van der Waals surface area contributed by atoms with Crippen molar-refractivity contribution in [3.8, 4) is 0 Å². The molecule has 120 heavy (non-hydrogen) atoms. The second kappa shape index (κ2) is 56.0. The molecule has 18 nitrogen and oxygen atoms in total. The van der Waals surface area contributed by atoms with Crippen molar-refractivity contribution in [3.05, 3.63) is 0 Å². The van der Waals surface area contributed by atoms with E-state index in [-0.39, 0.29) is 172 Å². The Balaban J connectivity index is 6.50. The predicted octanol–water partition coefficient (Wildman–Crippen LogP) is 21.8. The van der Waals surface area contributed by atoms with E-state index >= 15 is 0 Å². The summed E-state index contributed by atoms with van der Waals surface area (Å²) in [5, 5.41) is 0. The normalized spacial score (nSPS) is 16.6. The first kappa shape index (κ1) is 127. The fourth-order valence-electron chi connectivity index (χ4n) is 17.3. The highest BCUT2D eigenvalue weighted by Gasteiger charge is 2.95. The van der Waals surface area contributed by atoms with Gasteiger partial charge >= 0.3 is 52.8 Å². The molecular formula is C72H156O18S24Si6. The molecule has 0 aromatic rings. The maximum Gasteiger partial charge on any atom is 0.500 e. The summed E-state index contributed by atoms with van der Waals surface area (Å²) in [4.78, 5) is 0. The van der Waals surface area contributed by atoms with Gasteiger partial charge in [-0.3, -0.25) is 0 Å². The van der Waals surface area contributed by atoms with Crippen LogP contribution >= 0.6 is 303 Å². The summed E-state index contributed by atoms with van der Waals surface area (Å²) in [6, 6.07) is 1.65. The summed E-state index contributed by atoms with van der Waals surface area (Å²) in [6.07, 6.45) is 1.67. The van der Waals surface area contributed by atoms with Crippen molar-refractivity contribution in [1.82, 2.24) is 0 Å². The van der Waals surface area contributed by atoms with Crippen LogP contribution in [0.2, 0.25) is 36.3 Å². The average molecular weight is 2250 g/mol. The van der Waals surface area contributed by atoms with E-state index in [0.717, 1.165) is 0 Å². The molecule has 1 aliphatic carbocycles. The van der Waals surface area contributed by atoms with Crippen molar-refractivity contribution in [2.75, 3.05) is 119 Å². The van der Waals surface area contributed by atoms with Crippen LogP contribution in [0.1, 0.15) is 221 Å². The van der Waals surface area contributed by atoms with E-state index in [1.165, 1.54) is 0 Å². The Hall–Kier alpha value is 8.98. The summed E-state index contributed by atoms with van der Waals surface area (Å²) in [7, 11) is -21.1. The molecule has 0 heterocycles. The lowest BCUT2D eigenvalue weighted by molar-refractivity contribution is -0.173. The number of thiol groups is 24. The average Bonchev–Trinajstić information content (AvgIpc) is 0.613. The molecule has 0 unspecified atom stereocenters. The van der Waals surface area contributed by atoms with Crippen molar-refractivity contribution < 1.29 is 79.7 Å². The van der Waals surface area contributed by atoms with Gasteiger partial charge in [0.05, 0.1) is 48.9 Å². The van der Waals surface area contributed by atoms with Gasteiger partial charge in [-0.2, -0.15) is 303 Å². The van der Waals surface area contributed by atoms with Crippen LogP contribution in [0.25, 0.3) is 0 Å². The quantitative estimate of drug-likeness (QED) is 0.0158. The third-order valence-electron chi connectivity index (χ3n) is 21.8. The number of rotatable bonds is 72. The van der Waals surface area contributed by atoms with Crippen molar-refractivity contribution in [1.29, 1.82) is 0 Å². The molecule has 0 radical (unpaired) electrons. The predicted molar refractivity (Wildman–Crippen MR) is 598 cm³/mol. The van der Waals surface area contributed by atoms with E-state index in [4.69, 9.17) is 383 Å². The lowest BCUT2D eigenvalue weighted by Gasteiger charge is -2.85. The lowest BCUT2D eigenvalue weighted by atomic mass is 9.36. The molecule has 1 aliphatic rings. The van der Waals surface area contributed by atoms with Crippen LogP contribution in [0.3, 0.4) is 0 Å². The third kappa shape index (κ3) is 29.1. The van der Waals surface area contributed by atoms with Gasteiger partial charge in [0, 0.05) is 171 Å².